The van der Waals surface area contributed by atoms with Crippen LogP contribution >= 0.6 is 0 Å². The Hall–Kier alpha value is -1.89. The van der Waals surface area contributed by atoms with Crippen molar-refractivity contribution in [2.45, 2.75) is 25.8 Å². The molecule has 1 saturated heterocycles. The highest BCUT2D eigenvalue weighted by molar-refractivity contribution is 7.91. The molecule has 0 bridgehead atoms. The third kappa shape index (κ3) is 4.79. The molecule has 0 aromatic heterocycles. The van der Waals surface area contributed by atoms with Crippen LogP contribution in [0.3, 0.4) is 0 Å². The Morgan fingerprint density at radius 3 is 2.48 bits per heavy atom. The molecule has 2 N–H and O–H groups in total. The second-order valence-corrected chi connectivity index (χ2v) is 8.28. The van der Waals surface area contributed by atoms with Crippen molar-refractivity contribution in [1.82, 2.24) is 5.32 Å². The highest BCUT2D eigenvalue weighted by atomic mass is 32.2. The quantitative estimate of drug-likeness (QED) is 0.816. The Labute approximate surface area is 135 Å². The van der Waals surface area contributed by atoms with E-state index < -0.39 is 27.8 Å². The molecule has 1 heterocycles. The first kappa shape index (κ1) is 17.5. The summed E-state index contributed by atoms with van der Waals surface area (Å²) in [7, 11) is -3.03. The summed E-state index contributed by atoms with van der Waals surface area (Å²) in [5, 5.41) is 12.0. The number of aliphatic carboxylic acids is 1. The second kappa shape index (κ2) is 7.12. The predicted molar refractivity (Wildman–Crippen MR) is 85.5 cm³/mol. The number of benzene rings is 1. The van der Waals surface area contributed by atoms with Gasteiger partial charge in [0.15, 0.2) is 9.84 Å². The van der Waals surface area contributed by atoms with Crippen molar-refractivity contribution in [3.05, 3.63) is 35.9 Å². The summed E-state index contributed by atoms with van der Waals surface area (Å²) >= 11 is 0. The fourth-order valence-corrected chi connectivity index (χ4v) is 4.69. The molecule has 23 heavy (non-hydrogen) atoms. The Bertz CT molecular complexity index is 671. The minimum atomic E-state index is -3.03. The summed E-state index contributed by atoms with van der Waals surface area (Å²) in [5.74, 6) is -2.12. The minimum Gasteiger partial charge on any atom is -0.481 e. The van der Waals surface area contributed by atoms with Gasteiger partial charge in [0.1, 0.15) is 0 Å². The molecule has 0 radical (unpaired) electrons. The fourth-order valence-electron chi connectivity index (χ4n) is 2.83. The molecule has 0 aliphatic carbocycles. The van der Waals surface area contributed by atoms with E-state index in [-0.39, 0.29) is 29.8 Å². The number of hydrogen-bond acceptors (Lipinski definition) is 4. The Morgan fingerprint density at radius 1 is 1.30 bits per heavy atom. The molecule has 2 rings (SSSR count). The van der Waals surface area contributed by atoms with Gasteiger partial charge in [-0.05, 0) is 24.8 Å². The molecular formula is C16H21NO5S. The lowest BCUT2D eigenvalue weighted by Gasteiger charge is -2.23. The maximum absolute atomic E-state index is 12.2. The van der Waals surface area contributed by atoms with Gasteiger partial charge in [0.05, 0.1) is 23.5 Å². The van der Waals surface area contributed by atoms with Crippen LogP contribution < -0.4 is 5.32 Å². The van der Waals surface area contributed by atoms with Crippen LogP contribution in [0.1, 0.15) is 31.4 Å². The molecule has 1 amide bonds. The van der Waals surface area contributed by atoms with Crippen molar-refractivity contribution < 1.29 is 23.1 Å². The van der Waals surface area contributed by atoms with Gasteiger partial charge in [-0.25, -0.2) is 8.42 Å². The van der Waals surface area contributed by atoms with Gasteiger partial charge in [-0.15, -0.1) is 0 Å². The van der Waals surface area contributed by atoms with Crippen molar-refractivity contribution in [3.8, 4) is 0 Å². The van der Waals surface area contributed by atoms with Gasteiger partial charge in [-0.1, -0.05) is 30.3 Å². The van der Waals surface area contributed by atoms with Crippen LogP contribution in [-0.4, -0.2) is 36.9 Å². The largest absolute Gasteiger partial charge is 0.481 e. The van der Waals surface area contributed by atoms with Crippen LogP contribution in [0.15, 0.2) is 30.3 Å². The van der Waals surface area contributed by atoms with Crippen molar-refractivity contribution in [2.75, 3.05) is 11.5 Å². The van der Waals surface area contributed by atoms with Crippen LogP contribution in [0.25, 0.3) is 0 Å². The molecule has 1 aromatic carbocycles. The Morgan fingerprint density at radius 2 is 1.96 bits per heavy atom. The van der Waals surface area contributed by atoms with E-state index in [1.807, 2.05) is 6.07 Å². The van der Waals surface area contributed by atoms with E-state index in [1.54, 1.807) is 31.2 Å². The minimum absolute atomic E-state index is 0.0326. The summed E-state index contributed by atoms with van der Waals surface area (Å²) < 4.78 is 22.9. The van der Waals surface area contributed by atoms with Crippen molar-refractivity contribution in [2.24, 2.45) is 11.8 Å². The van der Waals surface area contributed by atoms with E-state index in [0.717, 1.165) is 5.56 Å². The van der Waals surface area contributed by atoms with Gasteiger partial charge in [-0.3, -0.25) is 9.59 Å². The molecule has 6 nitrogen and oxygen atoms in total. The number of carboxylic acids is 1. The molecule has 126 valence electrons. The molecule has 1 aromatic rings. The van der Waals surface area contributed by atoms with E-state index in [4.69, 9.17) is 0 Å². The zero-order valence-corrected chi connectivity index (χ0v) is 13.8. The summed E-state index contributed by atoms with van der Waals surface area (Å²) in [6.07, 6.45) is 0.592. The average molecular weight is 339 g/mol. The number of carbonyl (C=O) groups is 2. The van der Waals surface area contributed by atoms with Gasteiger partial charge in [-0.2, -0.15) is 0 Å². The molecule has 1 fully saturated rings. The standard InChI is InChI=1S/C16H21NO5S/c1-11(16(19)20)15(13-5-3-2-4-6-13)17-14(18)9-12-7-8-23(21,22)10-12/h2-6,11-12,15H,7-10H2,1H3,(H,17,18)(H,19,20). The number of carbonyl (C=O) groups excluding carboxylic acids is 1. The van der Waals surface area contributed by atoms with E-state index in [9.17, 15) is 23.1 Å². The highest BCUT2D eigenvalue weighted by Gasteiger charge is 2.31. The summed E-state index contributed by atoms with van der Waals surface area (Å²) in [4.78, 5) is 23.5. The topological polar surface area (TPSA) is 101 Å². The number of amides is 1. The lowest BCUT2D eigenvalue weighted by Crippen LogP contribution is -2.36. The SMILES string of the molecule is CC(C(=O)O)C(NC(=O)CC1CCS(=O)(=O)C1)c1ccccc1. The summed E-state index contributed by atoms with van der Waals surface area (Å²) in [6, 6.07) is 8.28. The Balaban J connectivity index is 2.06. The molecule has 3 unspecified atom stereocenters. The van der Waals surface area contributed by atoms with Crippen molar-refractivity contribution in [1.29, 1.82) is 0 Å². The van der Waals surface area contributed by atoms with Gasteiger partial charge in [0.2, 0.25) is 5.91 Å². The lowest BCUT2D eigenvalue weighted by molar-refractivity contribution is -0.142. The fraction of sp³-hybridized carbons (Fsp3) is 0.500. The molecule has 0 spiro atoms. The number of nitrogens with one attached hydrogen (secondary N) is 1. The van der Waals surface area contributed by atoms with Crippen LogP contribution in [0.4, 0.5) is 0 Å². The van der Waals surface area contributed by atoms with E-state index in [1.165, 1.54) is 0 Å². The first-order valence-electron chi connectivity index (χ1n) is 7.56. The first-order valence-corrected chi connectivity index (χ1v) is 9.38. The van der Waals surface area contributed by atoms with Gasteiger partial charge >= 0.3 is 5.97 Å². The van der Waals surface area contributed by atoms with Crippen molar-refractivity contribution in [3.63, 3.8) is 0 Å². The van der Waals surface area contributed by atoms with Gasteiger partial charge in [0.25, 0.3) is 0 Å². The van der Waals surface area contributed by atoms with E-state index in [0.29, 0.717) is 6.42 Å². The highest BCUT2D eigenvalue weighted by Crippen LogP contribution is 2.25. The maximum Gasteiger partial charge on any atom is 0.308 e. The molecule has 1 aliphatic rings. The van der Waals surface area contributed by atoms with E-state index >= 15 is 0 Å². The first-order chi connectivity index (χ1) is 10.8. The molecule has 0 saturated carbocycles. The third-order valence-corrected chi connectivity index (χ3v) is 6.00. The van der Waals surface area contributed by atoms with Gasteiger partial charge < -0.3 is 10.4 Å². The van der Waals surface area contributed by atoms with Crippen molar-refractivity contribution >= 4 is 21.7 Å². The zero-order chi connectivity index (χ0) is 17.0. The number of carboxylic acid groups (broad SMARTS) is 1. The number of hydrogen-bond donors (Lipinski definition) is 2. The monoisotopic (exact) mass is 339 g/mol. The predicted octanol–water partition coefficient (Wildman–Crippen LogP) is 1.39. The third-order valence-electron chi connectivity index (χ3n) is 4.17. The lowest BCUT2D eigenvalue weighted by atomic mass is 9.94. The number of sulfone groups is 1. The average Bonchev–Trinajstić information content (AvgIpc) is 2.83. The molecule has 7 heteroatoms. The van der Waals surface area contributed by atoms with Crippen LogP contribution in [0.5, 0.6) is 0 Å². The zero-order valence-electron chi connectivity index (χ0n) is 12.9. The number of rotatable bonds is 6. The molecule has 1 aliphatic heterocycles. The van der Waals surface area contributed by atoms with Crippen LogP contribution in [-0.2, 0) is 19.4 Å². The molecular weight excluding hydrogens is 318 g/mol. The van der Waals surface area contributed by atoms with Crippen LogP contribution in [0.2, 0.25) is 0 Å². The Kier molecular flexibility index (Phi) is 5.41. The maximum atomic E-state index is 12.2. The molecule has 3 atom stereocenters. The van der Waals surface area contributed by atoms with Gasteiger partial charge in [0, 0.05) is 6.42 Å². The second-order valence-electron chi connectivity index (χ2n) is 6.06. The normalized spacial score (nSPS) is 22.2. The summed E-state index contributed by atoms with van der Waals surface area (Å²) in [6.45, 7) is 1.54. The smallest absolute Gasteiger partial charge is 0.308 e. The summed E-state index contributed by atoms with van der Waals surface area (Å²) in [5.41, 5.74) is 0.717. The van der Waals surface area contributed by atoms with Crippen LogP contribution in [0, 0.1) is 11.8 Å². The van der Waals surface area contributed by atoms with E-state index in [2.05, 4.69) is 5.32 Å².